The predicted molar refractivity (Wildman–Crippen MR) is 52.6 cm³/mol. The van der Waals surface area contributed by atoms with Gasteiger partial charge in [0.25, 0.3) is 5.91 Å². The summed E-state index contributed by atoms with van der Waals surface area (Å²) < 4.78 is 5.31. The Bertz CT molecular complexity index is 382. The fourth-order valence-corrected chi connectivity index (χ4v) is 2.29. The van der Waals surface area contributed by atoms with Gasteiger partial charge in [0.15, 0.2) is 0 Å². The second-order valence-corrected chi connectivity index (χ2v) is 4.04. The first-order valence-electron chi connectivity index (χ1n) is 5.27. The number of hydrogen-bond acceptors (Lipinski definition) is 3. The average molecular weight is 207 g/mol. The van der Waals surface area contributed by atoms with Crippen LogP contribution in [0.15, 0.2) is 6.20 Å². The van der Waals surface area contributed by atoms with E-state index in [4.69, 9.17) is 4.74 Å². The van der Waals surface area contributed by atoms with Crippen LogP contribution in [-0.4, -0.2) is 46.8 Å². The number of aromatic amines is 1. The molecule has 2 aliphatic heterocycles. The molecule has 5 heteroatoms. The van der Waals surface area contributed by atoms with Gasteiger partial charge in [-0.2, -0.15) is 5.10 Å². The van der Waals surface area contributed by atoms with E-state index in [9.17, 15) is 4.79 Å². The van der Waals surface area contributed by atoms with Gasteiger partial charge < -0.3 is 9.64 Å². The van der Waals surface area contributed by atoms with Crippen LogP contribution < -0.4 is 0 Å². The Morgan fingerprint density at radius 3 is 3.33 bits per heavy atom. The Kier molecular flexibility index (Phi) is 1.98. The predicted octanol–water partition coefficient (Wildman–Crippen LogP) is 0.197. The lowest BCUT2D eigenvalue weighted by Crippen LogP contribution is -2.45. The zero-order valence-corrected chi connectivity index (χ0v) is 8.40. The number of hydrogen-bond donors (Lipinski definition) is 1. The van der Waals surface area contributed by atoms with E-state index in [0.717, 1.165) is 31.6 Å². The summed E-state index contributed by atoms with van der Waals surface area (Å²) in [5.41, 5.74) is 1.70. The molecule has 1 N–H and O–H groups in total. The van der Waals surface area contributed by atoms with Crippen molar-refractivity contribution in [3.05, 3.63) is 17.5 Å². The molecule has 1 amide bonds. The number of ether oxygens (including phenoxy) is 1. The van der Waals surface area contributed by atoms with Gasteiger partial charge >= 0.3 is 0 Å². The molecule has 1 fully saturated rings. The zero-order valence-electron chi connectivity index (χ0n) is 8.40. The number of nitrogens with zero attached hydrogens (tertiary/aromatic N) is 2. The smallest absolute Gasteiger partial charge is 0.272 e. The van der Waals surface area contributed by atoms with Gasteiger partial charge in [-0.15, -0.1) is 0 Å². The fraction of sp³-hybridized carbons (Fsp3) is 0.600. The summed E-state index contributed by atoms with van der Waals surface area (Å²) in [6.45, 7) is 2.24. The second kappa shape index (κ2) is 3.34. The minimum atomic E-state index is 0.0734. The second-order valence-electron chi connectivity index (χ2n) is 4.04. The third kappa shape index (κ3) is 1.34. The van der Waals surface area contributed by atoms with E-state index in [1.807, 2.05) is 4.90 Å². The van der Waals surface area contributed by atoms with Crippen molar-refractivity contribution in [1.82, 2.24) is 15.1 Å². The number of aromatic nitrogens is 2. The molecule has 1 aromatic rings. The van der Waals surface area contributed by atoms with Gasteiger partial charge in [-0.05, 0) is 12.8 Å². The summed E-state index contributed by atoms with van der Waals surface area (Å²) in [5, 5.41) is 6.69. The molecule has 1 atom stereocenters. The number of fused-ring (bicyclic) bond motifs is 1. The maximum atomic E-state index is 12.1. The normalized spacial score (nSPS) is 25.7. The monoisotopic (exact) mass is 207 g/mol. The Hall–Kier alpha value is -1.36. The molecule has 2 aliphatic rings. The lowest BCUT2D eigenvalue weighted by atomic mass is 10.0. The minimum Gasteiger partial charge on any atom is -0.379 e. The Morgan fingerprint density at radius 1 is 1.60 bits per heavy atom. The van der Waals surface area contributed by atoms with E-state index in [-0.39, 0.29) is 11.9 Å². The molecule has 0 saturated carbocycles. The molecular formula is C10H13N3O2. The summed E-state index contributed by atoms with van der Waals surface area (Å²) in [5.74, 6) is 0.0734. The van der Waals surface area contributed by atoms with E-state index in [1.54, 1.807) is 6.20 Å². The summed E-state index contributed by atoms with van der Waals surface area (Å²) >= 11 is 0. The molecule has 5 nitrogen and oxygen atoms in total. The quantitative estimate of drug-likeness (QED) is 0.715. The van der Waals surface area contributed by atoms with Gasteiger partial charge in [0, 0.05) is 18.7 Å². The Morgan fingerprint density at radius 2 is 2.53 bits per heavy atom. The lowest BCUT2D eigenvalue weighted by Gasteiger charge is -2.30. The molecule has 0 aromatic carbocycles. The Balaban J connectivity index is 1.86. The number of H-pyrrole nitrogens is 1. The van der Waals surface area contributed by atoms with Crippen LogP contribution in [0, 0.1) is 0 Å². The van der Waals surface area contributed by atoms with Crippen molar-refractivity contribution in [1.29, 1.82) is 0 Å². The zero-order chi connectivity index (χ0) is 10.3. The van der Waals surface area contributed by atoms with E-state index < -0.39 is 0 Å². The molecule has 80 valence electrons. The summed E-state index contributed by atoms with van der Waals surface area (Å²) in [4.78, 5) is 14.0. The van der Waals surface area contributed by atoms with Crippen molar-refractivity contribution in [3.8, 4) is 0 Å². The molecule has 15 heavy (non-hydrogen) atoms. The van der Waals surface area contributed by atoms with Crippen molar-refractivity contribution < 1.29 is 9.53 Å². The van der Waals surface area contributed by atoms with E-state index >= 15 is 0 Å². The Labute approximate surface area is 87.4 Å². The van der Waals surface area contributed by atoms with Crippen LogP contribution in [0.4, 0.5) is 0 Å². The summed E-state index contributed by atoms with van der Waals surface area (Å²) in [6, 6.07) is 0.258. The van der Waals surface area contributed by atoms with Crippen molar-refractivity contribution >= 4 is 5.91 Å². The van der Waals surface area contributed by atoms with Crippen LogP contribution >= 0.6 is 0 Å². The molecule has 1 unspecified atom stereocenters. The molecule has 3 heterocycles. The SMILES string of the molecule is O=C1c2[nH]ncc2CCN1C1CCOC1. The molecule has 1 saturated heterocycles. The van der Waals surface area contributed by atoms with Crippen molar-refractivity contribution in [2.45, 2.75) is 18.9 Å². The van der Waals surface area contributed by atoms with Crippen molar-refractivity contribution in [3.63, 3.8) is 0 Å². The number of carbonyl (C=O) groups is 1. The van der Waals surface area contributed by atoms with Crippen LogP contribution in [0.25, 0.3) is 0 Å². The number of carbonyl (C=O) groups excluding carboxylic acids is 1. The van der Waals surface area contributed by atoms with Crippen LogP contribution in [-0.2, 0) is 11.2 Å². The summed E-state index contributed by atoms with van der Waals surface area (Å²) in [6.07, 6.45) is 3.60. The third-order valence-electron chi connectivity index (χ3n) is 3.16. The molecule has 1 aromatic heterocycles. The highest BCUT2D eigenvalue weighted by molar-refractivity contribution is 5.94. The molecule has 0 bridgehead atoms. The van der Waals surface area contributed by atoms with Crippen LogP contribution in [0.3, 0.4) is 0 Å². The highest BCUT2D eigenvalue weighted by Crippen LogP contribution is 2.21. The largest absolute Gasteiger partial charge is 0.379 e. The van der Waals surface area contributed by atoms with Crippen molar-refractivity contribution in [2.24, 2.45) is 0 Å². The van der Waals surface area contributed by atoms with Gasteiger partial charge in [0.1, 0.15) is 5.69 Å². The van der Waals surface area contributed by atoms with Crippen LogP contribution in [0.5, 0.6) is 0 Å². The van der Waals surface area contributed by atoms with E-state index in [0.29, 0.717) is 12.3 Å². The van der Waals surface area contributed by atoms with Gasteiger partial charge in [0.2, 0.25) is 0 Å². The first-order valence-corrected chi connectivity index (χ1v) is 5.27. The van der Waals surface area contributed by atoms with Gasteiger partial charge in [0.05, 0.1) is 18.8 Å². The highest BCUT2D eigenvalue weighted by atomic mass is 16.5. The first-order chi connectivity index (χ1) is 7.36. The van der Waals surface area contributed by atoms with E-state index in [1.165, 1.54) is 0 Å². The number of rotatable bonds is 1. The molecule has 0 spiro atoms. The van der Waals surface area contributed by atoms with Crippen molar-refractivity contribution in [2.75, 3.05) is 19.8 Å². The molecular weight excluding hydrogens is 194 g/mol. The average Bonchev–Trinajstić information content (AvgIpc) is 2.87. The lowest BCUT2D eigenvalue weighted by molar-refractivity contribution is 0.0629. The maximum Gasteiger partial charge on any atom is 0.272 e. The molecule has 0 radical (unpaired) electrons. The van der Waals surface area contributed by atoms with Gasteiger partial charge in [-0.25, -0.2) is 0 Å². The standard InChI is InChI=1S/C10H13N3O2/c14-10-9-7(5-11-12-9)1-3-13(10)8-2-4-15-6-8/h5,8H,1-4,6H2,(H,11,12). The molecule has 3 rings (SSSR count). The van der Waals surface area contributed by atoms with Crippen LogP contribution in [0.2, 0.25) is 0 Å². The van der Waals surface area contributed by atoms with Gasteiger partial charge in [-0.3, -0.25) is 9.89 Å². The minimum absolute atomic E-state index is 0.0734. The number of amides is 1. The van der Waals surface area contributed by atoms with Gasteiger partial charge in [-0.1, -0.05) is 0 Å². The molecule has 0 aliphatic carbocycles. The van der Waals surface area contributed by atoms with Crippen LogP contribution in [0.1, 0.15) is 22.5 Å². The highest BCUT2D eigenvalue weighted by Gasteiger charge is 2.32. The fourth-order valence-electron chi connectivity index (χ4n) is 2.29. The number of nitrogens with one attached hydrogen (secondary N) is 1. The topological polar surface area (TPSA) is 58.2 Å². The third-order valence-corrected chi connectivity index (χ3v) is 3.16. The summed E-state index contributed by atoms with van der Waals surface area (Å²) in [7, 11) is 0. The maximum absolute atomic E-state index is 12.1. The van der Waals surface area contributed by atoms with E-state index in [2.05, 4.69) is 10.2 Å². The first kappa shape index (κ1) is 8.91.